The number of imidazole rings is 1. The van der Waals surface area contributed by atoms with E-state index in [1.54, 1.807) is 6.07 Å². The van der Waals surface area contributed by atoms with E-state index in [1.165, 1.54) is 6.07 Å². The van der Waals surface area contributed by atoms with Crippen LogP contribution in [0.25, 0.3) is 11.0 Å². The van der Waals surface area contributed by atoms with E-state index in [4.69, 9.17) is 16.3 Å². The molecule has 0 atom stereocenters. The summed E-state index contributed by atoms with van der Waals surface area (Å²) in [4.78, 5) is 4.47. The van der Waals surface area contributed by atoms with Gasteiger partial charge in [-0.25, -0.2) is 9.37 Å². The number of fused-ring (bicyclic) bond motifs is 1. The Hall–Kier alpha value is -0.400. The lowest BCUT2D eigenvalue weighted by molar-refractivity contribution is 0.129. The maximum atomic E-state index is 13.7. The molecule has 0 N–H and O–H groups in total. The summed E-state index contributed by atoms with van der Waals surface area (Å²) in [6.07, 6.45) is 1.88. The van der Waals surface area contributed by atoms with E-state index in [0.717, 1.165) is 42.9 Å². The topological polar surface area (TPSA) is 27.1 Å². The second-order valence-corrected chi connectivity index (χ2v) is 5.96. The third-order valence-corrected chi connectivity index (χ3v) is 4.07. The Morgan fingerprint density at radius 3 is 2.90 bits per heavy atom. The van der Waals surface area contributed by atoms with Gasteiger partial charge in [0.2, 0.25) is 0 Å². The Kier molecular flexibility index (Phi) is 6.04. The van der Waals surface area contributed by atoms with E-state index in [1.807, 2.05) is 27.2 Å². The molecule has 0 aliphatic rings. The zero-order valence-corrected chi connectivity index (χ0v) is 14.2. The van der Waals surface area contributed by atoms with Crippen molar-refractivity contribution in [3.63, 3.8) is 0 Å². The van der Waals surface area contributed by atoms with Crippen molar-refractivity contribution in [1.29, 1.82) is 0 Å². The number of aryl methyl sites for hydroxylation is 1. The van der Waals surface area contributed by atoms with E-state index >= 15 is 0 Å². The lowest BCUT2D eigenvalue weighted by Gasteiger charge is -2.08. The maximum Gasteiger partial charge on any atom is 0.138 e. The van der Waals surface area contributed by atoms with Crippen molar-refractivity contribution in [2.75, 3.05) is 13.2 Å². The Morgan fingerprint density at radius 1 is 1.40 bits per heavy atom. The Balaban J connectivity index is 2.19. The first-order valence-electron chi connectivity index (χ1n) is 6.65. The monoisotopic (exact) mass is 410 g/mol. The first-order chi connectivity index (χ1) is 9.67. The lowest BCUT2D eigenvalue weighted by atomic mass is 10.3. The van der Waals surface area contributed by atoms with Gasteiger partial charge in [-0.15, -0.1) is 11.6 Å². The van der Waals surface area contributed by atoms with Crippen molar-refractivity contribution >= 4 is 45.2 Å². The molecule has 0 aliphatic heterocycles. The number of rotatable bonds is 7. The average Bonchev–Trinajstić information content (AvgIpc) is 2.76. The van der Waals surface area contributed by atoms with Crippen LogP contribution in [0.5, 0.6) is 0 Å². The summed E-state index contributed by atoms with van der Waals surface area (Å²) >= 11 is 7.91. The Bertz CT molecular complexity index is 588. The highest BCUT2D eigenvalue weighted by Crippen LogP contribution is 2.23. The zero-order valence-electron chi connectivity index (χ0n) is 11.3. The summed E-state index contributed by atoms with van der Waals surface area (Å²) in [5.41, 5.74) is 1.59. The van der Waals surface area contributed by atoms with Crippen molar-refractivity contribution in [3.8, 4) is 0 Å². The SMILES string of the molecule is CCCOCCCn1c(CCl)nc2cc(I)c(F)cc21. The number of nitrogens with zero attached hydrogens (tertiary/aromatic N) is 2. The molecular formula is C14H17ClFIN2O. The molecule has 0 spiro atoms. The first-order valence-corrected chi connectivity index (χ1v) is 8.26. The summed E-state index contributed by atoms with van der Waals surface area (Å²) in [6, 6.07) is 3.29. The molecule has 0 fully saturated rings. The summed E-state index contributed by atoms with van der Waals surface area (Å²) in [5.74, 6) is 0.879. The number of alkyl halides is 1. The summed E-state index contributed by atoms with van der Waals surface area (Å²) in [5, 5.41) is 0. The van der Waals surface area contributed by atoms with E-state index in [-0.39, 0.29) is 5.82 Å². The van der Waals surface area contributed by atoms with Crippen LogP contribution in [0.1, 0.15) is 25.6 Å². The number of hydrogen-bond acceptors (Lipinski definition) is 2. The van der Waals surface area contributed by atoms with Gasteiger partial charge in [0.25, 0.3) is 0 Å². The molecule has 2 aromatic rings. The summed E-state index contributed by atoms with van der Waals surface area (Å²) < 4.78 is 21.8. The minimum absolute atomic E-state index is 0.220. The van der Waals surface area contributed by atoms with Gasteiger partial charge in [0, 0.05) is 25.8 Å². The molecule has 1 aromatic carbocycles. The number of ether oxygens (including phenoxy) is 1. The molecule has 0 unspecified atom stereocenters. The Morgan fingerprint density at radius 2 is 2.20 bits per heavy atom. The third-order valence-electron chi connectivity index (χ3n) is 3.01. The fraction of sp³-hybridized carbons (Fsp3) is 0.500. The van der Waals surface area contributed by atoms with Crippen LogP contribution in [-0.2, 0) is 17.2 Å². The number of aromatic nitrogens is 2. The van der Waals surface area contributed by atoms with Crippen LogP contribution < -0.4 is 0 Å². The molecule has 0 amide bonds. The molecule has 1 heterocycles. The van der Waals surface area contributed by atoms with Gasteiger partial charge in [0.15, 0.2) is 0 Å². The largest absolute Gasteiger partial charge is 0.381 e. The predicted octanol–water partition coefficient (Wildman–Crippen LogP) is 4.34. The van der Waals surface area contributed by atoms with Gasteiger partial charge in [-0.1, -0.05) is 6.92 Å². The smallest absolute Gasteiger partial charge is 0.138 e. The van der Waals surface area contributed by atoms with Crippen LogP contribution in [0.3, 0.4) is 0 Å². The first kappa shape index (κ1) is 16.0. The second kappa shape index (κ2) is 7.56. The van der Waals surface area contributed by atoms with Gasteiger partial charge in [0.1, 0.15) is 11.6 Å². The zero-order chi connectivity index (χ0) is 14.5. The molecule has 110 valence electrons. The molecule has 6 heteroatoms. The highest BCUT2D eigenvalue weighted by molar-refractivity contribution is 14.1. The van der Waals surface area contributed by atoms with Crippen LogP contribution in [0.15, 0.2) is 12.1 Å². The quantitative estimate of drug-likeness (QED) is 0.386. The second-order valence-electron chi connectivity index (χ2n) is 4.53. The van der Waals surface area contributed by atoms with Gasteiger partial charge < -0.3 is 9.30 Å². The van der Waals surface area contributed by atoms with Crippen molar-refractivity contribution in [1.82, 2.24) is 9.55 Å². The molecule has 2 rings (SSSR count). The molecule has 0 radical (unpaired) electrons. The third kappa shape index (κ3) is 3.62. The number of halogens is 3. The minimum atomic E-state index is -0.220. The van der Waals surface area contributed by atoms with E-state index in [2.05, 4.69) is 11.9 Å². The van der Waals surface area contributed by atoms with Crippen molar-refractivity contribution in [2.45, 2.75) is 32.2 Å². The predicted molar refractivity (Wildman–Crippen MR) is 87.7 cm³/mol. The molecule has 0 bridgehead atoms. The molecule has 20 heavy (non-hydrogen) atoms. The highest BCUT2D eigenvalue weighted by Gasteiger charge is 2.12. The standard InChI is InChI=1S/C14H17ClFIN2O/c1-2-5-20-6-3-4-19-13-7-10(16)11(17)8-12(13)18-14(19)9-15/h7-8H,2-6,9H2,1H3. The van der Waals surface area contributed by atoms with Crippen LogP contribution in [0.4, 0.5) is 4.39 Å². The van der Waals surface area contributed by atoms with Crippen molar-refractivity contribution in [3.05, 3.63) is 27.3 Å². The number of benzene rings is 1. The summed E-state index contributed by atoms with van der Waals surface area (Å²) in [6.45, 7) is 4.30. The average molecular weight is 411 g/mol. The van der Waals surface area contributed by atoms with Gasteiger partial charge in [0.05, 0.1) is 20.5 Å². The molecule has 0 aliphatic carbocycles. The highest BCUT2D eigenvalue weighted by atomic mass is 127. The molecule has 3 nitrogen and oxygen atoms in total. The fourth-order valence-corrected chi connectivity index (χ4v) is 2.75. The van der Waals surface area contributed by atoms with Crippen LogP contribution in [0, 0.1) is 9.39 Å². The van der Waals surface area contributed by atoms with E-state index < -0.39 is 0 Å². The van der Waals surface area contributed by atoms with Crippen LogP contribution >= 0.6 is 34.2 Å². The summed E-state index contributed by atoms with van der Waals surface area (Å²) in [7, 11) is 0. The lowest BCUT2D eigenvalue weighted by Crippen LogP contribution is -2.06. The minimum Gasteiger partial charge on any atom is -0.381 e. The van der Waals surface area contributed by atoms with E-state index in [0.29, 0.717) is 16.1 Å². The molecule has 1 aromatic heterocycles. The molecule has 0 saturated heterocycles. The van der Waals surface area contributed by atoms with Crippen molar-refractivity contribution < 1.29 is 9.13 Å². The molecule has 0 saturated carbocycles. The van der Waals surface area contributed by atoms with Gasteiger partial charge in [-0.05, 0) is 41.5 Å². The van der Waals surface area contributed by atoms with Crippen LogP contribution in [-0.4, -0.2) is 22.8 Å². The van der Waals surface area contributed by atoms with Crippen molar-refractivity contribution in [2.24, 2.45) is 0 Å². The Labute approximate surface area is 136 Å². The van der Waals surface area contributed by atoms with Gasteiger partial charge in [-0.2, -0.15) is 0 Å². The maximum absolute atomic E-state index is 13.7. The van der Waals surface area contributed by atoms with Gasteiger partial charge in [-0.3, -0.25) is 0 Å². The van der Waals surface area contributed by atoms with Crippen LogP contribution in [0.2, 0.25) is 0 Å². The van der Waals surface area contributed by atoms with Gasteiger partial charge >= 0.3 is 0 Å². The molecular weight excluding hydrogens is 394 g/mol. The van der Waals surface area contributed by atoms with E-state index in [9.17, 15) is 4.39 Å². The number of hydrogen-bond donors (Lipinski definition) is 0. The normalized spacial score (nSPS) is 11.4. The fourth-order valence-electron chi connectivity index (χ4n) is 2.09.